The maximum absolute atomic E-state index is 11.2. The number of carbonyl (C=O) groups is 3. The standard InChI is InChI=1S/C12H12N2O3/c1-14(12(17)7-15)9-3-4-10-8(6-9)2-5-11(16)13-10/h3-4,6-7H,2,5H2,1H3,(H,13,16). The Bertz CT molecular complexity index is 497. The quantitative estimate of drug-likeness (QED) is 0.604. The Balaban J connectivity index is 2.30. The van der Waals surface area contributed by atoms with Crippen LogP contribution in [0.4, 0.5) is 11.4 Å². The number of benzene rings is 1. The van der Waals surface area contributed by atoms with Crippen molar-refractivity contribution in [1.29, 1.82) is 0 Å². The zero-order valence-electron chi connectivity index (χ0n) is 9.40. The van der Waals surface area contributed by atoms with Crippen LogP contribution in [0.25, 0.3) is 0 Å². The summed E-state index contributed by atoms with van der Waals surface area (Å²) in [5, 5.41) is 2.76. The molecule has 1 aromatic carbocycles. The van der Waals surface area contributed by atoms with Crippen molar-refractivity contribution in [3.8, 4) is 0 Å². The van der Waals surface area contributed by atoms with E-state index in [0.717, 1.165) is 11.3 Å². The van der Waals surface area contributed by atoms with Gasteiger partial charge in [0.25, 0.3) is 5.91 Å². The second-order valence-electron chi connectivity index (χ2n) is 3.90. The Kier molecular flexibility index (Phi) is 2.91. The van der Waals surface area contributed by atoms with Gasteiger partial charge < -0.3 is 10.2 Å². The first kappa shape index (κ1) is 11.3. The van der Waals surface area contributed by atoms with Gasteiger partial charge >= 0.3 is 0 Å². The fourth-order valence-electron chi connectivity index (χ4n) is 1.78. The largest absolute Gasteiger partial charge is 0.326 e. The maximum Gasteiger partial charge on any atom is 0.290 e. The molecule has 0 fully saturated rings. The molecule has 0 unspecified atom stereocenters. The highest BCUT2D eigenvalue weighted by atomic mass is 16.2. The second kappa shape index (κ2) is 4.37. The minimum absolute atomic E-state index is 0.00238. The van der Waals surface area contributed by atoms with Crippen LogP contribution in [0.2, 0.25) is 0 Å². The van der Waals surface area contributed by atoms with Crippen molar-refractivity contribution in [1.82, 2.24) is 0 Å². The van der Waals surface area contributed by atoms with E-state index < -0.39 is 5.91 Å². The van der Waals surface area contributed by atoms with Crippen LogP contribution >= 0.6 is 0 Å². The first-order chi connectivity index (χ1) is 8.11. The average Bonchev–Trinajstić information content (AvgIpc) is 2.36. The molecule has 0 saturated carbocycles. The molecule has 17 heavy (non-hydrogen) atoms. The van der Waals surface area contributed by atoms with Gasteiger partial charge in [-0.2, -0.15) is 0 Å². The Labute approximate surface area is 98.4 Å². The molecule has 0 radical (unpaired) electrons. The molecule has 1 aliphatic rings. The number of rotatable bonds is 2. The zero-order valence-corrected chi connectivity index (χ0v) is 9.40. The normalized spacial score (nSPS) is 13.6. The molecule has 1 N–H and O–H groups in total. The van der Waals surface area contributed by atoms with Gasteiger partial charge in [-0.1, -0.05) is 0 Å². The number of aryl methyl sites for hydroxylation is 1. The second-order valence-corrected chi connectivity index (χ2v) is 3.90. The van der Waals surface area contributed by atoms with Crippen molar-refractivity contribution < 1.29 is 14.4 Å². The lowest BCUT2D eigenvalue weighted by Gasteiger charge is -2.20. The first-order valence-corrected chi connectivity index (χ1v) is 5.27. The first-order valence-electron chi connectivity index (χ1n) is 5.27. The predicted octanol–water partition coefficient (Wildman–Crippen LogP) is 0.733. The van der Waals surface area contributed by atoms with E-state index in [0.29, 0.717) is 18.5 Å². The summed E-state index contributed by atoms with van der Waals surface area (Å²) in [6.07, 6.45) is 1.38. The van der Waals surface area contributed by atoms with Gasteiger partial charge in [-0.3, -0.25) is 14.4 Å². The topological polar surface area (TPSA) is 66.5 Å². The number of fused-ring (bicyclic) bond motifs is 1. The molecule has 2 amide bonds. The molecule has 0 spiro atoms. The summed E-state index contributed by atoms with van der Waals surface area (Å²) >= 11 is 0. The predicted molar refractivity (Wildman–Crippen MR) is 62.9 cm³/mol. The molecule has 88 valence electrons. The Hall–Kier alpha value is -2.17. The summed E-state index contributed by atoms with van der Waals surface area (Å²) < 4.78 is 0. The number of aldehydes is 1. The summed E-state index contributed by atoms with van der Waals surface area (Å²) in [5.41, 5.74) is 2.40. The number of anilines is 2. The monoisotopic (exact) mass is 232 g/mol. The van der Waals surface area contributed by atoms with E-state index in [-0.39, 0.29) is 12.2 Å². The summed E-state index contributed by atoms with van der Waals surface area (Å²) in [6.45, 7) is 0. The third kappa shape index (κ3) is 2.18. The Morgan fingerprint density at radius 2 is 2.18 bits per heavy atom. The number of nitrogens with one attached hydrogen (secondary N) is 1. The molecular weight excluding hydrogens is 220 g/mol. The van der Waals surface area contributed by atoms with Crippen molar-refractivity contribution in [2.75, 3.05) is 17.3 Å². The van der Waals surface area contributed by atoms with Crippen molar-refractivity contribution in [2.24, 2.45) is 0 Å². The third-order valence-corrected chi connectivity index (χ3v) is 2.80. The molecular formula is C12H12N2O3. The van der Waals surface area contributed by atoms with Crippen molar-refractivity contribution in [3.63, 3.8) is 0 Å². The lowest BCUT2D eigenvalue weighted by Crippen LogP contribution is -2.27. The van der Waals surface area contributed by atoms with Crippen molar-refractivity contribution in [3.05, 3.63) is 23.8 Å². The average molecular weight is 232 g/mol. The zero-order chi connectivity index (χ0) is 12.4. The van der Waals surface area contributed by atoms with E-state index in [1.54, 1.807) is 19.2 Å². The van der Waals surface area contributed by atoms with Gasteiger partial charge in [-0.05, 0) is 30.2 Å². The van der Waals surface area contributed by atoms with Gasteiger partial charge in [-0.25, -0.2) is 0 Å². The summed E-state index contributed by atoms with van der Waals surface area (Å²) in [6, 6.07) is 5.26. The van der Waals surface area contributed by atoms with Gasteiger partial charge in [0.15, 0.2) is 0 Å². The maximum atomic E-state index is 11.2. The van der Waals surface area contributed by atoms with Crippen LogP contribution in [0.5, 0.6) is 0 Å². The highest BCUT2D eigenvalue weighted by Crippen LogP contribution is 2.26. The van der Waals surface area contributed by atoms with Gasteiger partial charge in [0.1, 0.15) is 0 Å². The minimum Gasteiger partial charge on any atom is -0.326 e. The number of amides is 2. The van der Waals surface area contributed by atoms with E-state index >= 15 is 0 Å². The molecule has 0 saturated heterocycles. The van der Waals surface area contributed by atoms with Crippen LogP contribution < -0.4 is 10.2 Å². The van der Waals surface area contributed by atoms with Crippen LogP contribution in [-0.4, -0.2) is 25.1 Å². The minimum atomic E-state index is -0.593. The Morgan fingerprint density at radius 3 is 2.88 bits per heavy atom. The lowest BCUT2D eigenvalue weighted by atomic mass is 10.0. The number of nitrogens with zero attached hydrogens (tertiary/aromatic N) is 1. The molecule has 5 heteroatoms. The van der Waals surface area contributed by atoms with E-state index in [4.69, 9.17) is 0 Å². The number of hydrogen-bond acceptors (Lipinski definition) is 3. The molecule has 1 heterocycles. The van der Waals surface area contributed by atoms with Crippen LogP contribution in [0.3, 0.4) is 0 Å². The van der Waals surface area contributed by atoms with Gasteiger partial charge in [0.2, 0.25) is 12.2 Å². The number of likely N-dealkylation sites (N-methyl/N-ethyl adjacent to an activating group) is 1. The van der Waals surface area contributed by atoms with Gasteiger partial charge in [-0.15, -0.1) is 0 Å². The molecule has 1 aromatic rings. The molecule has 0 atom stereocenters. The van der Waals surface area contributed by atoms with E-state index in [1.165, 1.54) is 4.90 Å². The highest BCUT2D eigenvalue weighted by Gasteiger charge is 2.17. The SMILES string of the molecule is CN(C(=O)C=O)c1ccc2c(c1)CCC(=O)N2. The van der Waals surface area contributed by atoms with E-state index in [9.17, 15) is 14.4 Å². The van der Waals surface area contributed by atoms with Crippen molar-refractivity contribution >= 4 is 29.5 Å². The highest BCUT2D eigenvalue weighted by molar-refractivity contribution is 6.30. The summed E-state index contributed by atoms with van der Waals surface area (Å²) in [4.78, 5) is 34.1. The fraction of sp³-hybridized carbons (Fsp3) is 0.250. The number of carbonyl (C=O) groups excluding carboxylic acids is 3. The van der Waals surface area contributed by atoms with E-state index in [1.807, 2.05) is 6.07 Å². The molecule has 2 rings (SSSR count). The molecule has 0 aromatic heterocycles. The molecule has 0 bridgehead atoms. The molecule has 0 aliphatic carbocycles. The van der Waals surface area contributed by atoms with Gasteiger partial charge in [0, 0.05) is 24.8 Å². The summed E-state index contributed by atoms with van der Waals surface area (Å²) in [5.74, 6) is -0.590. The summed E-state index contributed by atoms with van der Waals surface area (Å²) in [7, 11) is 1.54. The van der Waals surface area contributed by atoms with Crippen LogP contribution in [-0.2, 0) is 20.8 Å². The smallest absolute Gasteiger partial charge is 0.290 e. The molecule has 1 aliphatic heterocycles. The number of hydrogen-bond donors (Lipinski definition) is 1. The van der Waals surface area contributed by atoms with Crippen molar-refractivity contribution in [2.45, 2.75) is 12.8 Å². The third-order valence-electron chi connectivity index (χ3n) is 2.80. The van der Waals surface area contributed by atoms with Crippen LogP contribution in [0.1, 0.15) is 12.0 Å². The van der Waals surface area contributed by atoms with Crippen LogP contribution in [0.15, 0.2) is 18.2 Å². The van der Waals surface area contributed by atoms with Gasteiger partial charge in [0.05, 0.1) is 0 Å². The van der Waals surface area contributed by atoms with Crippen LogP contribution in [0, 0.1) is 0 Å². The van der Waals surface area contributed by atoms with E-state index in [2.05, 4.69) is 5.32 Å². The molecule has 5 nitrogen and oxygen atoms in total. The Morgan fingerprint density at radius 1 is 1.41 bits per heavy atom. The lowest BCUT2D eigenvalue weighted by molar-refractivity contribution is -0.129. The fourth-order valence-corrected chi connectivity index (χ4v) is 1.78.